The molecule has 0 aromatic heterocycles. The van der Waals surface area contributed by atoms with E-state index in [9.17, 15) is 4.79 Å². The average molecular weight is 278 g/mol. The third-order valence-electron chi connectivity index (χ3n) is 2.95. The van der Waals surface area contributed by atoms with Gasteiger partial charge in [-0.3, -0.25) is 0 Å². The van der Waals surface area contributed by atoms with E-state index < -0.39 is 0 Å². The van der Waals surface area contributed by atoms with Crippen molar-refractivity contribution in [3.63, 3.8) is 0 Å². The van der Waals surface area contributed by atoms with E-state index in [-0.39, 0.29) is 6.03 Å². The molecule has 0 aliphatic rings. The molecule has 1 aromatic rings. The highest BCUT2D eigenvalue weighted by atomic mass is 16.2. The first-order chi connectivity index (χ1) is 9.49. The Kier molecular flexibility index (Phi) is 7.04. The molecule has 1 rings (SSSR count). The van der Waals surface area contributed by atoms with Crippen molar-refractivity contribution in [2.75, 3.05) is 59.7 Å². The Bertz CT molecular complexity index is 380. The van der Waals surface area contributed by atoms with Crippen molar-refractivity contribution in [3.05, 3.63) is 30.3 Å². The number of para-hydroxylation sites is 1. The number of nitrogens with one attached hydrogen (secondary N) is 1. The van der Waals surface area contributed by atoms with E-state index in [1.807, 2.05) is 63.4 Å². The summed E-state index contributed by atoms with van der Waals surface area (Å²) in [6.07, 6.45) is 0. The second kappa shape index (κ2) is 8.55. The van der Waals surface area contributed by atoms with Crippen molar-refractivity contribution in [2.45, 2.75) is 0 Å². The van der Waals surface area contributed by atoms with Crippen LogP contribution in [0.15, 0.2) is 30.3 Å². The number of benzene rings is 1. The van der Waals surface area contributed by atoms with Crippen molar-refractivity contribution in [2.24, 2.45) is 0 Å². The second-order valence-electron chi connectivity index (χ2n) is 5.39. The molecule has 0 radical (unpaired) electrons. The van der Waals surface area contributed by atoms with E-state index in [1.54, 1.807) is 0 Å². The Balaban J connectivity index is 2.58. The first kappa shape index (κ1) is 16.5. The molecule has 20 heavy (non-hydrogen) atoms. The maximum atomic E-state index is 12.3. The van der Waals surface area contributed by atoms with Gasteiger partial charge in [0.1, 0.15) is 0 Å². The molecule has 0 spiro atoms. The summed E-state index contributed by atoms with van der Waals surface area (Å²) in [5, 5.41) is 2.94. The molecule has 5 heteroatoms. The zero-order valence-corrected chi connectivity index (χ0v) is 13.0. The summed E-state index contributed by atoms with van der Waals surface area (Å²) in [7, 11) is 8.05. The van der Waals surface area contributed by atoms with E-state index in [2.05, 4.69) is 15.1 Å². The van der Waals surface area contributed by atoms with Crippen LogP contribution in [0.5, 0.6) is 0 Å². The number of carbonyl (C=O) groups excluding carboxylic acids is 1. The minimum atomic E-state index is -0.0418. The lowest BCUT2D eigenvalue weighted by atomic mass is 10.3. The third-order valence-corrected chi connectivity index (χ3v) is 2.95. The van der Waals surface area contributed by atoms with Crippen LogP contribution in [0.2, 0.25) is 0 Å². The topological polar surface area (TPSA) is 38.8 Å². The van der Waals surface area contributed by atoms with Crippen molar-refractivity contribution in [1.82, 2.24) is 14.7 Å². The normalized spacial score (nSPS) is 10.9. The largest absolute Gasteiger partial charge is 0.322 e. The second-order valence-corrected chi connectivity index (χ2v) is 5.39. The molecule has 112 valence electrons. The molecular formula is C15H26N4O. The highest BCUT2D eigenvalue weighted by Gasteiger charge is 2.13. The lowest BCUT2D eigenvalue weighted by molar-refractivity contribution is 0.198. The van der Waals surface area contributed by atoms with Gasteiger partial charge >= 0.3 is 6.03 Å². The summed E-state index contributed by atoms with van der Waals surface area (Å²) in [6.45, 7) is 3.16. The molecular weight excluding hydrogens is 252 g/mol. The predicted molar refractivity (Wildman–Crippen MR) is 84.1 cm³/mol. The number of nitrogens with zero attached hydrogens (tertiary/aromatic N) is 3. The van der Waals surface area contributed by atoms with Crippen LogP contribution in [-0.2, 0) is 0 Å². The van der Waals surface area contributed by atoms with E-state index in [0.717, 1.165) is 31.9 Å². The van der Waals surface area contributed by atoms with Crippen LogP contribution in [0, 0.1) is 0 Å². The maximum absolute atomic E-state index is 12.3. The summed E-state index contributed by atoms with van der Waals surface area (Å²) in [4.78, 5) is 18.3. The van der Waals surface area contributed by atoms with Crippen molar-refractivity contribution >= 4 is 11.7 Å². The van der Waals surface area contributed by atoms with Crippen LogP contribution in [0.1, 0.15) is 0 Å². The lowest BCUT2D eigenvalue weighted by Crippen LogP contribution is -2.42. The summed E-state index contributed by atoms with van der Waals surface area (Å²) < 4.78 is 0. The van der Waals surface area contributed by atoms with Gasteiger partial charge in [-0.25, -0.2) is 4.79 Å². The standard InChI is InChI=1S/C15H26N4O/c1-17(2)10-12-19(13-11-18(3)4)15(20)16-14-8-6-5-7-9-14/h5-9H,10-13H2,1-4H3,(H,16,20). The van der Waals surface area contributed by atoms with Gasteiger partial charge in [-0.2, -0.15) is 0 Å². The number of urea groups is 1. The van der Waals surface area contributed by atoms with Crippen LogP contribution in [0.25, 0.3) is 0 Å². The number of hydrogen-bond acceptors (Lipinski definition) is 3. The summed E-state index contributed by atoms with van der Waals surface area (Å²) in [6, 6.07) is 9.52. The zero-order valence-electron chi connectivity index (χ0n) is 13.0. The van der Waals surface area contributed by atoms with Crippen LogP contribution < -0.4 is 5.32 Å². The predicted octanol–water partition coefficient (Wildman–Crippen LogP) is 1.64. The van der Waals surface area contributed by atoms with Crippen LogP contribution >= 0.6 is 0 Å². The van der Waals surface area contributed by atoms with Gasteiger partial charge in [0.05, 0.1) is 0 Å². The molecule has 0 bridgehead atoms. The highest BCUT2D eigenvalue weighted by Crippen LogP contribution is 2.06. The molecule has 1 aromatic carbocycles. The Hall–Kier alpha value is -1.59. The van der Waals surface area contributed by atoms with Crippen molar-refractivity contribution in [3.8, 4) is 0 Å². The van der Waals surface area contributed by atoms with E-state index >= 15 is 0 Å². The molecule has 0 atom stereocenters. The Morgan fingerprint density at radius 3 is 1.85 bits per heavy atom. The maximum Gasteiger partial charge on any atom is 0.321 e. The SMILES string of the molecule is CN(C)CCN(CCN(C)C)C(=O)Nc1ccccc1. The number of carbonyl (C=O) groups is 1. The number of anilines is 1. The van der Waals surface area contributed by atoms with E-state index in [1.165, 1.54) is 0 Å². The fourth-order valence-corrected chi connectivity index (χ4v) is 1.68. The number of hydrogen-bond donors (Lipinski definition) is 1. The Morgan fingerprint density at radius 2 is 1.40 bits per heavy atom. The highest BCUT2D eigenvalue weighted by molar-refractivity contribution is 5.89. The molecule has 0 heterocycles. The molecule has 0 saturated carbocycles. The fourth-order valence-electron chi connectivity index (χ4n) is 1.68. The molecule has 0 unspecified atom stereocenters. The van der Waals surface area contributed by atoms with Crippen molar-refractivity contribution < 1.29 is 4.79 Å². The first-order valence-corrected chi connectivity index (χ1v) is 6.89. The monoisotopic (exact) mass is 278 g/mol. The minimum Gasteiger partial charge on any atom is -0.322 e. The van der Waals surface area contributed by atoms with Gasteiger partial charge in [-0.1, -0.05) is 18.2 Å². The number of likely N-dealkylation sites (N-methyl/N-ethyl adjacent to an activating group) is 2. The summed E-state index contributed by atoms with van der Waals surface area (Å²) in [5.41, 5.74) is 0.831. The van der Waals surface area contributed by atoms with Crippen molar-refractivity contribution in [1.29, 1.82) is 0 Å². The van der Waals surface area contributed by atoms with Crippen LogP contribution in [0.4, 0.5) is 10.5 Å². The molecule has 1 N–H and O–H groups in total. The zero-order chi connectivity index (χ0) is 15.0. The fraction of sp³-hybridized carbons (Fsp3) is 0.533. The average Bonchev–Trinajstić information content (AvgIpc) is 2.39. The molecule has 0 fully saturated rings. The summed E-state index contributed by atoms with van der Waals surface area (Å²) in [5.74, 6) is 0. The third kappa shape index (κ3) is 6.54. The van der Waals surface area contributed by atoms with Gasteiger partial charge in [-0.05, 0) is 40.3 Å². The van der Waals surface area contributed by atoms with Gasteiger partial charge in [-0.15, -0.1) is 0 Å². The van der Waals surface area contributed by atoms with E-state index in [4.69, 9.17) is 0 Å². The van der Waals surface area contributed by atoms with Crippen LogP contribution in [0.3, 0.4) is 0 Å². The first-order valence-electron chi connectivity index (χ1n) is 6.89. The van der Waals surface area contributed by atoms with Gasteiger partial charge in [0.15, 0.2) is 0 Å². The molecule has 2 amide bonds. The van der Waals surface area contributed by atoms with Gasteiger partial charge < -0.3 is 20.0 Å². The number of rotatable bonds is 7. The van der Waals surface area contributed by atoms with Gasteiger partial charge in [0.2, 0.25) is 0 Å². The molecule has 0 saturated heterocycles. The van der Waals surface area contributed by atoms with Gasteiger partial charge in [0, 0.05) is 31.9 Å². The van der Waals surface area contributed by atoms with E-state index in [0.29, 0.717) is 0 Å². The van der Waals surface area contributed by atoms with Gasteiger partial charge in [0.25, 0.3) is 0 Å². The Labute approximate surface area is 122 Å². The smallest absolute Gasteiger partial charge is 0.321 e. The minimum absolute atomic E-state index is 0.0418. The molecule has 0 aliphatic heterocycles. The quantitative estimate of drug-likeness (QED) is 0.824. The summed E-state index contributed by atoms with van der Waals surface area (Å²) >= 11 is 0. The molecule has 0 aliphatic carbocycles. The Morgan fingerprint density at radius 1 is 0.900 bits per heavy atom. The number of amides is 2. The lowest BCUT2D eigenvalue weighted by Gasteiger charge is -2.26. The van der Waals surface area contributed by atoms with Crippen LogP contribution in [-0.4, -0.2) is 75.1 Å². The molecule has 5 nitrogen and oxygen atoms in total.